The number of allylic oxidation sites excluding steroid dienone is 1. The third kappa shape index (κ3) is 2.31. The molecule has 0 aromatic rings. The Morgan fingerprint density at radius 2 is 1.77 bits per heavy atom. The van der Waals surface area contributed by atoms with E-state index in [1.165, 1.54) is 9.88 Å². The molecular formula is C9H17NO2S. The summed E-state index contributed by atoms with van der Waals surface area (Å²) in [7, 11) is 0.161. The van der Waals surface area contributed by atoms with Crippen molar-refractivity contribution < 1.29 is 8.42 Å². The van der Waals surface area contributed by atoms with E-state index in [1.807, 2.05) is 0 Å². The number of sulfonamides is 1. The zero-order valence-corrected chi connectivity index (χ0v) is 9.10. The fourth-order valence-electron chi connectivity index (χ4n) is 1.60. The van der Waals surface area contributed by atoms with Gasteiger partial charge in [0, 0.05) is 14.1 Å². The van der Waals surface area contributed by atoms with Gasteiger partial charge in [0.2, 0.25) is 10.0 Å². The van der Waals surface area contributed by atoms with Crippen molar-refractivity contribution in [3.8, 4) is 0 Å². The van der Waals surface area contributed by atoms with E-state index in [4.69, 9.17) is 0 Å². The number of nitrogens with zero attached hydrogens (tertiary/aromatic N) is 1. The minimum Gasteiger partial charge on any atom is -0.212 e. The Morgan fingerprint density at radius 3 is 2.15 bits per heavy atom. The fraction of sp³-hybridized carbons (Fsp3) is 0.778. The molecule has 0 N–H and O–H groups in total. The van der Waals surface area contributed by atoms with Gasteiger partial charge in [0.1, 0.15) is 0 Å². The molecule has 1 fully saturated rings. The van der Waals surface area contributed by atoms with E-state index in [9.17, 15) is 8.42 Å². The summed E-state index contributed by atoms with van der Waals surface area (Å²) < 4.78 is 24.7. The fourth-order valence-corrected chi connectivity index (χ4v) is 3.02. The van der Waals surface area contributed by atoms with Crippen LogP contribution in [0, 0.1) is 0 Å². The largest absolute Gasteiger partial charge is 0.216 e. The van der Waals surface area contributed by atoms with Crippen LogP contribution in [0.3, 0.4) is 0 Å². The van der Waals surface area contributed by atoms with Gasteiger partial charge in [0.25, 0.3) is 0 Å². The summed E-state index contributed by atoms with van der Waals surface area (Å²) in [5, 5.41) is -0.187. The van der Waals surface area contributed by atoms with Crippen LogP contribution in [0.1, 0.15) is 25.7 Å². The van der Waals surface area contributed by atoms with E-state index in [-0.39, 0.29) is 5.25 Å². The van der Waals surface area contributed by atoms with E-state index >= 15 is 0 Å². The lowest BCUT2D eigenvalue weighted by Gasteiger charge is -2.25. The van der Waals surface area contributed by atoms with Gasteiger partial charge in [-0.05, 0) is 25.7 Å². The maximum Gasteiger partial charge on any atom is 0.216 e. The van der Waals surface area contributed by atoms with Gasteiger partial charge < -0.3 is 0 Å². The van der Waals surface area contributed by atoms with Gasteiger partial charge in [-0.3, -0.25) is 0 Å². The number of rotatable bonds is 2. The Hall–Kier alpha value is -0.350. The second-order valence-electron chi connectivity index (χ2n) is 3.78. The monoisotopic (exact) mass is 203 g/mol. The van der Waals surface area contributed by atoms with Crippen LogP contribution in [0.15, 0.2) is 12.2 Å². The summed E-state index contributed by atoms with van der Waals surface area (Å²) in [6, 6.07) is 0. The molecule has 1 aliphatic carbocycles. The first-order valence-electron chi connectivity index (χ1n) is 4.52. The smallest absolute Gasteiger partial charge is 0.212 e. The summed E-state index contributed by atoms with van der Waals surface area (Å²) >= 11 is 0. The Labute approximate surface area is 80.5 Å². The van der Waals surface area contributed by atoms with Crippen LogP contribution in [0.25, 0.3) is 0 Å². The van der Waals surface area contributed by atoms with Crippen molar-refractivity contribution in [2.45, 2.75) is 30.9 Å². The van der Waals surface area contributed by atoms with E-state index in [2.05, 4.69) is 6.58 Å². The maximum atomic E-state index is 11.7. The van der Waals surface area contributed by atoms with Crippen molar-refractivity contribution in [2.75, 3.05) is 14.1 Å². The van der Waals surface area contributed by atoms with Crippen LogP contribution >= 0.6 is 0 Å². The third-order valence-corrected chi connectivity index (χ3v) is 4.90. The molecule has 0 bridgehead atoms. The van der Waals surface area contributed by atoms with E-state index in [0.29, 0.717) is 0 Å². The van der Waals surface area contributed by atoms with E-state index in [1.54, 1.807) is 14.1 Å². The average Bonchev–Trinajstić information content (AvgIpc) is 2.04. The minimum absolute atomic E-state index is 0.187. The number of hydrogen-bond donors (Lipinski definition) is 0. The lowest BCUT2D eigenvalue weighted by molar-refractivity contribution is 0.479. The molecule has 0 aromatic carbocycles. The summed E-state index contributed by atoms with van der Waals surface area (Å²) in [6.07, 6.45) is 3.19. The van der Waals surface area contributed by atoms with Crippen molar-refractivity contribution in [1.29, 1.82) is 0 Å². The quantitative estimate of drug-likeness (QED) is 0.636. The summed E-state index contributed by atoms with van der Waals surface area (Å²) in [5.41, 5.74) is 1.19. The van der Waals surface area contributed by atoms with Gasteiger partial charge in [0.05, 0.1) is 5.25 Å². The average molecular weight is 203 g/mol. The molecule has 0 radical (unpaired) electrons. The van der Waals surface area contributed by atoms with Crippen LogP contribution in [0.2, 0.25) is 0 Å². The van der Waals surface area contributed by atoms with Crippen molar-refractivity contribution in [3.63, 3.8) is 0 Å². The van der Waals surface area contributed by atoms with Crippen LogP contribution < -0.4 is 0 Å². The van der Waals surface area contributed by atoms with Gasteiger partial charge in [0.15, 0.2) is 0 Å². The molecule has 0 unspecified atom stereocenters. The summed E-state index contributed by atoms with van der Waals surface area (Å²) in [4.78, 5) is 0. The highest BCUT2D eigenvalue weighted by atomic mass is 32.2. The van der Waals surface area contributed by atoms with Gasteiger partial charge in [-0.25, -0.2) is 12.7 Å². The predicted molar refractivity (Wildman–Crippen MR) is 54.0 cm³/mol. The molecule has 0 aliphatic heterocycles. The molecule has 4 heteroatoms. The maximum absolute atomic E-state index is 11.7. The van der Waals surface area contributed by atoms with Gasteiger partial charge in [-0.2, -0.15) is 0 Å². The molecule has 0 saturated heterocycles. The molecule has 3 nitrogen and oxygen atoms in total. The van der Waals surface area contributed by atoms with Crippen molar-refractivity contribution >= 4 is 10.0 Å². The minimum atomic E-state index is -3.03. The Balaban J connectivity index is 2.69. The van der Waals surface area contributed by atoms with Gasteiger partial charge >= 0.3 is 0 Å². The molecule has 0 spiro atoms. The Kier molecular flexibility index (Phi) is 3.14. The SMILES string of the molecule is C=C1CCC(S(=O)(=O)N(C)C)CC1. The lowest BCUT2D eigenvalue weighted by atomic mass is 9.96. The molecule has 0 amide bonds. The molecule has 1 aliphatic rings. The second kappa shape index (κ2) is 3.80. The van der Waals surface area contributed by atoms with Crippen LogP contribution in [-0.4, -0.2) is 32.1 Å². The summed E-state index contributed by atoms with van der Waals surface area (Å²) in [5.74, 6) is 0. The zero-order valence-electron chi connectivity index (χ0n) is 8.28. The van der Waals surface area contributed by atoms with E-state index in [0.717, 1.165) is 25.7 Å². The highest BCUT2D eigenvalue weighted by Gasteiger charge is 2.29. The van der Waals surface area contributed by atoms with Crippen LogP contribution in [0.5, 0.6) is 0 Å². The normalized spacial score (nSPS) is 21.0. The molecular weight excluding hydrogens is 186 g/mol. The molecule has 0 aromatic heterocycles. The van der Waals surface area contributed by atoms with Crippen LogP contribution in [-0.2, 0) is 10.0 Å². The Morgan fingerprint density at radius 1 is 1.31 bits per heavy atom. The first-order valence-corrected chi connectivity index (χ1v) is 6.03. The highest BCUT2D eigenvalue weighted by Crippen LogP contribution is 2.27. The molecule has 0 atom stereocenters. The Bertz CT molecular complexity index is 283. The number of hydrogen-bond acceptors (Lipinski definition) is 2. The van der Waals surface area contributed by atoms with Gasteiger partial charge in [-0.1, -0.05) is 12.2 Å². The third-order valence-electron chi connectivity index (χ3n) is 2.57. The topological polar surface area (TPSA) is 37.4 Å². The molecule has 1 saturated carbocycles. The van der Waals surface area contributed by atoms with Gasteiger partial charge in [-0.15, -0.1) is 0 Å². The second-order valence-corrected chi connectivity index (χ2v) is 6.20. The standard InChI is InChI=1S/C9H17NO2S/c1-8-4-6-9(7-5-8)13(11,12)10(2)3/h9H,1,4-7H2,2-3H3. The van der Waals surface area contributed by atoms with Crippen molar-refractivity contribution in [3.05, 3.63) is 12.2 Å². The van der Waals surface area contributed by atoms with Crippen molar-refractivity contribution in [2.24, 2.45) is 0 Å². The molecule has 13 heavy (non-hydrogen) atoms. The highest BCUT2D eigenvalue weighted by molar-refractivity contribution is 7.89. The predicted octanol–water partition coefficient (Wildman–Crippen LogP) is 1.38. The zero-order chi connectivity index (χ0) is 10.1. The summed E-state index contributed by atoms with van der Waals surface area (Å²) in [6.45, 7) is 3.87. The lowest BCUT2D eigenvalue weighted by Crippen LogP contribution is -2.34. The first kappa shape index (κ1) is 10.7. The van der Waals surface area contributed by atoms with E-state index < -0.39 is 10.0 Å². The van der Waals surface area contributed by atoms with Crippen molar-refractivity contribution in [1.82, 2.24) is 4.31 Å². The molecule has 76 valence electrons. The molecule has 1 rings (SSSR count). The molecule has 0 heterocycles. The van der Waals surface area contributed by atoms with Crippen LogP contribution in [0.4, 0.5) is 0 Å². The first-order chi connectivity index (χ1) is 5.94.